The third-order valence-corrected chi connectivity index (χ3v) is 4.25. The number of nitrogens with two attached hydrogens (primary N) is 1. The Morgan fingerprint density at radius 3 is 2.70 bits per heavy atom. The number of ether oxygens (including phenoxy) is 1. The number of sulfonamides is 1. The molecule has 0 saturated heterocycles. The highest BCUT2D eigenvalue weighted by Crippen LogP contribution is 2.12. The lowest BCUT2D eigenvalue weighted by atomic mass is 10.1. The molecular formula is C13H20N2O3S2. The van der Waals surface area contributed by atoms with Gasteiger partial charge in [0.1, 0.15) is 4.99 Å². The van der Waals surface area contributed by atoms with Crippen LogP contribution in [0.1, 0.15) is 25.0 Å². The Labute approximate surface area is 125 Å². The quantitative estimate of drug-likeness (QED) is 0.704. The van der Waals surface area contributed by atoms with Crippen LogP contribution in [0, 0.1) is 0 Å². The number of thiocarbonyl (C=S) groups is 1. The maximum atomic E-state index is 12.1. The van der Waals surface area contributed by atoms with E-state index in [-0.39, 0.29) is 16.8 Å². The van der Waals surface area contributed by atoms with Crippen LogP contribution in [0.2, 0.25) is 0 Å². The van der Waals surface area contributed by atoms with Gasteiger partial charge in [0, 0.05) is 18.2 Å². The van der Waals surface area contributed by atoms with Crippen LogP contribution < -0.4 is 10.5 Å². The van der Waals surface area contributed by atoms with E-state index in [4.69, 9.17) is 22.7 Å². The van der Waals surface area contributed by atoms with Crippen molar-refractivity contribution in [2.75, 3.05) is 13.2 Å². The van der Waals surface area contributed by atoms with Crippen molar-refractivity contribution in [3.05, 3.63) is 35.4 Å². The summed E-state index contributed by atoms with van der Waals surface area (Å²) >= 11 is 4.93. The van der Waals surface area contributed by atoms with Crippen LogP contribution in [-0.4, -0.2) is 32.7 Å². The maximum Gasteiger partial charge on any atom is 0.216 e. The van der Waals surface area contributed by atoms with Gasteiger partial charge in [-0.3, -0.25) is 0 Å². The summed E-state index contributed by atoms with van der Waals surface area (Å²) in [5, 5.41) is 0. The van der Waals surface area contributed by atoms with Crippen molar-refractivity contribution < 1.29 is 13.2 Å². The van der Waals surface area contributed by atoms with Gasteiger partial charge >= 0.3 is 0 Å². The third-order valence-electron chi connectivity index (χ3n) is 2.58. The second-order valence-corrected chi connectivity index (χ2v) is 6.65. The van der Waals surface area contributed by atoms with E-state index in [2.05, 4.69) is 4.72 Å². The molecule has 0 fully saturated rings. The number of nitrogens with one attached hydrogen (secondary N) is 1. The summed E-state index contributed by atoms with van der Waals surface area (Å²) in [4.78, 5) is 0.193. The second kappa shape index (κ2) is 7.68. The molecule has 20 heavy (non-hydrogen) atoms. The Bertz CT molecular complexity index is 558. The normalized spacial score (nSPS) is 13.1. The van der Waals surface area contributed by atoms with Gasteiger partial charge in [-0.15, -0.1) is 0 Å². The van der Waals surface area contributed by atoms with Gasteiger partial charge in [0.15, 0.2) is 0 Å². The molecule has 0 aliphatic rings. The van der Waals surface area contributed by atoms with Crippen molar-refractivity contribution in [1.82, 2.24) is 4.72 Å². The van der Waals surface area contributed by atoms with Crippen LogP contribution in [0.25, 0.3) is 0 Å². The SMILES string of the molecule is CCOCC(C)NS(=O)(=O)Cc1ccccc1C(N)=S. The fraction of sp³-hybridized carbons (Fsp3) is 0.462. The number of hydrogen-bond donors (Lipinski definition) is 2. The zero-order valence-corrected chi connectivity index (χ0v) is 13.3. The highest BCUT2D eigenvalue weighted by atomic mass is 32.2. The first kappa shape index (κ1) is 17.0. The molecule has 0 heterocycles. The fourth-order valence-corrected chi connectivity index (χ4v) is 3.39. The molecule has 1 atom stereocenters. The third kappa shape index (κ3) is 5.54. The van der Waals surface area contributed by atoms with Crippen molar-refractivity contribution in [3.8, 4) is 0 Å². The summed E-state index contributed by atoms with van der Waals surface area (Å²) in [5.74, 6) is -0.156. The van der Waals surface area contributed by atoms with Crippen LogP contribution in [0.4, 0.5) is 0 Å². The summed E-state index contributed by atoms with van der Waals surface area (Å²) in [6.07, 6.45) is 0. The first-order valence-corrected chi connectivity index (χ1v) is 8.37. The lowest BCUT2D eigenvalue weighted by Gasteiger charge is -2.15. The Balaban J connectivity index is 2.79. The van der Waals surface area contributed by atoms with Gasteiger partial charge in [-0.1, -0.05) is 36.5 Å². The average Bonchev–Trinajstić information content (AvgIpc) is 2.35. The largest absolute Gasteiger partial charge is 0.389 e. The van der Waals surface area contributed by atoms with E-state index >= 15 is 0 Å². The van der Waals surface area contributed by atoms with Crippen LogP contribution in [0.5, 0.6) is 0 Å². The van der Waals surface area contributed by atoms with Crippen LogP contribution in [0.3, 0.4) is 0 Å². The Hall–Kier alpha value is -1.02. The number of benzene rings is 1. The standard InChI is InChI=1S/C13H20N2O3S2/c1-3-18-8-10(2)15-20(16,17)9-11-6-4-5-7-12(11)13(14)19/h4-7,10,15H,3,8-9H2,1-2H3,(H2,14,19). The minimum Gasteiger partial charge on any atom is -0.389 e. The van der Waals surface area contributed by atoms with Gasteiger partial charge in [0.05, 0.1) is 12.4 Å². The predicted molar refractivity (Wildman–Crippen MR) is 84.0 cm³/mol. The summed E-state index contributed by atoms with van der Waals surface area (Å²) < 4.78 is 31.9. The maximum absolute atomic E-state index is 12.1. The smallest absolute Gasteiger partial charge is 0.216 e. The van der Waals surface area contributed by atoms with Crippen LogP contribution in [0.15, 0.2) is 24.3 Å². The molecule has 1 aromatic carbocycles. The topological polar surface area (TPSA) is 81.4 Å². The molecule has 1 aromatic rings. The molecule has 0 aliphatic heterocycles. The molecule has 0 aromatic heterocycles. The highest BCUT2D eigenvalue weighted by molar-refractivity contribution is 7.88. The van der Waals surface area contributed by atoms with Gasteiger partial charge in [0.2, 0.25) is 10.0 Å². The van der Waals surface area contributed by atoms with Crippen molar-refractivity contribution in [2.24, 2.45) is 5.73 Å². The summed E-state index contributed by atoms with van der Waals surface area (Å²) in [6.45, 7) is 4.51. The van der Waals surface area contributed by atoms with E-state index < -0.39 is 10.0 Å². The molecule has 0 aliphatic carbocycles. The Morgan fingerprint density at radius 2 is 2.10 bits per heavy atom. The van der Waals surface area contributed by atoms with Crippen LogP contribution in [-0.2, 0) is 20.5 Å². The minimum absolute atomic E-state index is 0.156. The lowest BCUT2D eigenvalue weighted by molar-refractivity contribution is 0.133. The molecule has 1 rings (SSSR count). The van der Waals surface area contributed by atoms with Crippen LogP contribution >= 0.6 is 12.2 Å². The van der Waals surface area contributed by atoms with E-state index in [1.54, 1.807) is 31.2 Å². The van der Waals surface area contributed by atoms with E-state index in [1.807, 2.05) is 6.92 Å². The Kier molecular flexibility index (Phi) is 6.54. The fourth-order valence-electron chi connectivity index (χ4n) is 1.77. The van der Waals surface area contributed by atoms with E-state index in [0.717, 1.165) is 0 Å². The first-order valence-electron chi connectivity index (χ1n) is 6.31. The zero-order valence-electron chi connectivity index (χ0n) is 11.6. The van der Waals surface area contributed by atoms with E-state index in [1.165, 1.54) is 0 Å². The van der Waals surface area contributed by atoms with E-state index in [0.29, 0.717) is 24.3 Å². The highest BCUT2D eigenvalue weighted by Gasteiger charge is 2.17. The molecule has 0 spiro atoms. The molecule has 112 valence electrons. The molecule has 0 amide bonds. The first-order chi connectivity index (χ1) is 9.35. The predicted octanol–water partition coefficient (Wildman–Crippen LogP) is 1.17. The molecule has 0 saturated carbocycles. The molecule has 5 nitrogen and oxygen atoms in total. The van der Waals surface area contributed by atoms with Gasteiger partial charge < -0.3 is 10.5 Å². The molecule has 0 bridgehead atoms. The monoisotopic (exact) mass is 316 g/mol. The minimum atomic E-state index is -3.47. The lowest BCUT2D eigenvalue weighted by Crippen LogP contribution is -2.37. The van der Waals surface area contributed by atoms with Gasteiger partial charge in [-0.05, 0) is 19.4 Å². The summed E-state index contributed by atoms with van der Waals surface area (Å²) in [7, 11) is -3.47. The molecule has 3 N–H and O–H groups in total. The molecule has 1 unspecified atom stereocenters. The number of hydrogen-bond acceptors (Lipinski definition) is 4. The number of rotatable bonds is 8. The summed E-state index contributed by atoms with van der Waals surface area (Å²) in [6, 6.07) is 6.68. The molecule has 7 heteroatoms. The molecule has 0 radical (unpaired) electrons. The van der Waals surface area contributed by atoms with E-state index in [9.17, 15) is 8.42 Å². The van der Waals surface area contributed by atoms with Gasteiger partial charge in [-0.2, -0.15) is 0 Å². The van der Waals surface area contributed by atoms with Crippen molar-refractivity contribution in [2.45, 2.75) is 25.6 Å². The van der Waals surface area contributed by atoms with Crippen molar-refractivity contribution >= 4 is 27.2 Å². The van der Waals surface area contributed by atoms with Gasteiger partial charge in [-0.25, -0.2) is 13.1 Å². The zero-order chi connectivity index (χ0) is 15.2. The van der Waals surface area contributed by atoms with Crippen molar-refractivity contribution in [1.29, 1.82) is 0 Å². The second-order valence-electron chi connectivity index (χ2n) is 4.46. The van der Waals surface area contributed by atoms with Gasteiger partial charge in [0.25, 0.3) is 0 Å². The molecular weight excluding hydrogens is 296 g/mol. The Morgan fingerprint density at radius 1 is 1.45 bits per heavy atom. The van der Waals surface area contributed by atoms with Crippen molar-refractivity contribution in [3.63, 3.8) is 0 Å². The average molecular weight is 316 g/mol. The summed E-state index contributed by atoms with van der Waals surface area (Å²) in [5.41, 5.74) is 6.78.